The molecule has 144 valence electrons. The van der Waals surface area contributed by atoms with Gasteiger partial charge in [-0.25, -0.2) is 0 Å². The van der Waals surface area contributed by atoms with E-state index in [1.54, 1.807) is 12.1 Å². The van der Waals surface area contributed by atoms with Crippen LogP contribution in [-0.2, 0) is 11.2 Å². The Morgan fingerprint density at radius 2 is 1.89 bits per heavy atom. The molecule has 2 aliphatic rings. The van der Waals surface area contributed by atoms with Gasteiger partial charge in [-0.3, -0.25) is 4.79 Å². The van der Waals surface area contributed by atoms with Crippen LogP contribution in [0.2, 0.25) is 5.02 Å². The van der Waals surface area contributed by atoms with Crippen LogP contribution in [0.3, 0.4) is 0 Å². The minimum atomic E-state index is 0.0838. The van der Waals surface area contributed by atoms with E-state index in [4.69, 9.17) is 16.1 Å². The number of aryl methyl sites for hydroxylation is 1. The third-order valence-electron chi connectivity index (χ3n) is 6.04. The molecule has 1 amide bonds. The Balaban J connectivity index is 1.25. The first-order valence-corrected chi connectivity index (χ1v) is 10.4. The van der Waals surface area contributed by atoms with Crippen LogP contribution in [0.15, 0.2) is 28.8 Å². The average molecular weight is 388 g/mol. The summed E-state index contributed by atoms with van der Waals surface area (Å²) in [7, 11) is 0. The van der Waals surface area contributed by atoms with Crippen molar-refractivity contribution in [2.45, 2.75) is 63.8 Å². The van der Waals surface area contributed by atoms with Crippen LogP contribution >= 0.6 is 11.6 Å². The highest BCUT2D eigenvalue weighted by Crippen LogP contribution is 2.40. The van der Waals surface area contributed by atoms with Crippen molar-refractivity contribution in [2.75, 3.05) is 0 Å². The first-order chi connectivity index (χ1) is 13.2. The van der Waals surface area contributed by atoms with E-state index < -0.39 is 0 Å². The van der Waals surface area contributed by atoms with Crippen LogP contribution in [0.25, 0.3) is 11.4 Å². The smallest absolute Gasteiger partial charge is 0.227 e. The maximum Gasteiger partial charge on any atom is 0.227 e. The third kappa shape index (κ3) is 4.70. The summed E-state index contributed by atoms with van der Waals surface area (Å²) in [6.45, 7) is 0. The first-order valence-electron chi connectivity index (χ1n) is 10.1. The number of halogens is 1. The number of hydrogen-bond acceptors (Lipinski definition) is 4. The fraction of sp³-hybridized carbons (Fsp3) is 0.571. The van der Waals surface area contributed by atoms with Gasteiger partial charge in [0.2, 0.25) is 17.6 Å². The molecular weight excluding hydrogens is 362 g/mol. The fourth-order valence-electron chi connectivity index (χ4n) is 4.60. The summed E-state index contributed by atoms with van der Waals surface area (Å²) < 4.78 is 5.29. The molecular formula is C21H26ClN3O2. The molecule has 2 aromatic rings. The highest BCUT2D eigenvalue weighted by atomic mass is 35.5. The van der Waals surface area contributed by atoms with Crippen molar-refractivity contribution in [1.29, 1.82) is 0 Å². The van der Waals surface area contributed by atoms with E-state index in [9.17, 15) is 4.79 Å². The summed E-state index contributed by atoms with van der Waals surface area (Å²) in [4.78, 5) is 16.7. The molecule has 1 aromatic carbocycles. The molecule has 4 rings (SSSR count). The number of nitrogens with one attached hydrogen (secondary N) is 1. The summed E-state index contributed by atoms with van der Waals surface area (Å²) in [6.07, 6.45) is 9.86. The normalized spacial score (nSPS) is 25.0. The monoisotopic (exact) mass is 387 g/mol. The van der Waals surface area contributed by atoms with Crippen molar-refractivity contribution in [3.05, 3.63) is 35.2 Å². The lowest BCUT2D eigenvalue weighted by Gasteiger charge is -2.39. The summed E-state index contributed by atoms with van der Waals surface area (Å²) in [6, 6.07) is 7.63. The molecule has 0 spiro atoms. The Morgan fingerprint density at radius 3 is 2.70 bits per heavy atom. The first kappa shape index (κ1) is 18.5. The number of nitrogens with zero attached hydrogens (tertiary/aromatic N) is 2. The molecule has 2 saturated carbocycles. The Kier molecular flexibility index (Phi) is 5.77. The van der Waals surface area contributed by atoms with Crippen molar-refractivity contribution >= 4 is 17.5 Å². The summed E-state index contributed by atoms with van der Waals surface area (Å²) >= 11 is 5.90. The summed E-state index contributed by atoms with van der Waals surface area (Å²) in [5.41, 5.74) is 0.850. The second kappa shape index (κ2) is 8.42. The highest BCUT2D eigenvalue weighted by Gasteiger charge is 2.32. The zero-order chi connectivity index (χ0) is 18.6. The topological polar surface area (TPSA) is 68.0 Å². The lowest BCUT2D eigenvalue weighted by Crippen LogP contribution is -2.41. The van der Waals surface area contributed by atoms with Gasteiger partial charge in [0.05, 0.1) is 0 Å². The number of hydrogen-bond donors (Lipinski definition) is 1. The molecule has 2 aliphatic carbocycles. The molecule has 2 fully saturated rings. The van der Waals surface area contributed by atoms with Gasteiger partial charge in [0.1, 0.15) is 0 Å². The molecule has 27 heavy (non-hydrogen) atoms. The van der Waals surface area contributed by atoms with E-state index in [-0.39, 0.29) is 5.91 Å². The molecule has 0 saturated heterocycles. The molecule has 0 radical (unpaired) electrons. The van der Waals surface area contributed by atoms with Gasteiger partial charge in [-0.2, -0.15) is 4.98 Å². The molecule has 5 nitrogen and oxygen atoms in total. The maximum atomic E-state index is 12.3. The Hall–Kier alpha value is -1.88. The van der Waals surface area contributed by atoms with Crippen LogP contribution in [0.5, 0.6) is 0 Å². The van der Waals surface area contributed by atoms with Gasteiger partial charge in [0, 0.05) is 29.5 Å². The lowest BCUT2D eigenvalue weighted by molar-refractivity contribution is -0.122. The molecule has 6 heteroatoms. The van der Waals surface area contributed by atoms with Gasteiger partial charge in [-0.05, 0) is 55.4 Å². The summed E-state index contributed by atoms with van der Waals surface area (Å²) in [5, 5.41) is 7.89. The average Bonchev–Trinajstić information content (AvgIpc) is 3.16. The van der Waals surface area contributed by atoms with E-state index in [1.165, 1.54) is 32.1 Å². The van der Waals surface area contributed by atoms with Crippen molar-refractivity contribution in [2.24, 2.45) is 11.8 Å². The van der Waals surface area contributed by atoms with Crippen molar-refractivity contribution < 1.29 is 9.32 Å². The van der Waals surface area contributed by atoms with Crippen LogP contribution in [0.1, 0.15) is 57.3 Å². The number of aromatic nitrogens is 2. The molecule has 1 aromatic heterocycles. The number of carbonyl (C=O) groups excluding carboxylic acids is 1. The summed E-state index contributed by atoms with van der Waals surface area (Å²) in [5.74, 6) is 2.82. The van der Waals surface area contributed by atoms with Gasteiger partial charge in [-0.15, -0.1) is 0 Å². The van der Waals surface area contributed by atoms with Gasteiger partial charge >= 0.3 is 0 Å². The predicted octanol–water partition coefficient (Wildman–Crippen LogP) is 4.80. The molecule has 0 aliphatic heterocycles. The lowest BCUT2D eigenvalue weighted by atomic mass is 9.69. The number of rotatable bonds is 5. The predicted molar refractivity (Wildman–Crippen MR) is 104 cm³/mol. The number of benzene rings is 1. The van der Waals surface area contributed by atoms with E-state index in [0.717, 1.165) is 30.2 Å². The Labute approximate surface area is 164 Å². The fourth-order valence-corrected chi connectivity index (χ4v) is 4.72. The minimum Gasteiger partial charge on any atom is -0.353 e. The van der Waals surface area contributed by atoms with Gasteiger partial charge in [0.25, 0.3) is 0 Å². The quantitative estimate of drug-likeness (QED) is 0.800. The maximum absolute atomic E-state index is 12.3. The van der Waals surface area contributed by atoms with E-state index in [0.29, 0.717) is 35.6 Å². The highest BCUT2D eigenvalue weighted by molar-refractivity contribution is 6.30. The van der Waals surface area contributed by atoms with Crippen molar-refractivity contribution in [3.63, 3.8) is 0 Å². The molecule has 1 heterocycles. The molecule has 0 bridgehead atoms. The van der Waals surface area contributed by atoms with Gasteiger partial charge in [0.15, 0.2) is 0 Å². The molecule has 1 N–H and O–H groups in total. The van der Waals surface area contributed by atoms with Crippen molar-refractivity contribution in [3.8, 4) is 11.4 Å². The SMILES string of the molecule is O=C(CCc1nc(-c2ccc(Cl)cc2)no1)N[C@@H]1CC[C@@H]2CCCC[C@@H]2C1. The van der Waals surface area contributed by atoms with Crippen LogP contribution < -0.4 is 5.32 Å². The number of amides is 1. The van der Waals surface area contributed by atoms with Crippen LogP contribution in [0, 0.1) is 11.8 Å². The number of fused-ring (bicyclic) bond motifs is 1. The second-order valence-electron chi connectivity index (χ2n) is 7.90. The third-order valence-corrected chi connectivity index (χ3v) is 6.29. The molecule has 3 atom stereocenters. The van der Waals surface area contributed by atoms with E-state index in [2.05, 4.69) is 15.5 Å². The Morgan fingerprint density at radius 1 is 1.11 bits per heavy atom. The second-order valence-corrected chi connectivity index (χ2v) is 8.34. The Bertz CT molecular complexity index is 774. The largest absolute Gasteiger partial charge is 0.353 e. The van der Waals surface area contributed by atoms with E-state index in [1.807, 2.05) is 12.1 Å². The van der Waals surface area contributed by atoms with Crippen LogP contribution in [0.4, 0.5) is 0 Å². The number of carbonyl (C=O) groups is 1. The van der Waals surface area contributed by atoms with Crippen LogP contribution in [-0.4, -0.2) is 22.1 Å². The zero-order valence-electron chi connectivity index (χ0n) is 15.5. The standard InChI is InChI=1S/C21H26ClN3O2/c22-17-8-5-15(6-9-17)21-24-20(27-25-21)12-11-19(26)23-18-10-7-14-3-1-2-4-16(14)13-18/h5-6,8-9,14,16,18H,1-4,7,10-13H2,(H,23,26)/t14-,16+,18+/m0/s1. The minimum absolute atomic E-state index is 0.0838. The van der Waals surface area contributed by atoms with Gasteiger partial charge in [-0.1, -0.05) is 42.4 Å². The van der Waals surface area contributed by atoms with Gasteiger partial charge < -0.3 is 9.84 Å². The van der Waals surface area contributed by atoms with E-state index >= 15 is 0 Å². The van der Waals surface area contributed by atoms with Crippen molar-refractivity contribution in [1.82, 2.24) is 15.5 Å². The zero-order valence-corrected chi connectivity index (χ0v) is 16.3. The molecule has 0 unspecified atom stereocenters.